The molecule has 0 N–H and O–H groups in total. The van der Waals surface area contributed by atoms with Crippen LogP contribution < -0.4 is 9.64 Å². The van der Waals surface area contributed by atoms with Gasteiger partial charge in [-0.2, -0.15) is 4.39 Å². The predicted octanol–water partition coefficient (Wildman–Crippen LogP) is 4.18. The van der Waals surface area contributed by atoms with Gasteiger partial charge in [-0.25, -0.2) is 9.97 Å². The van der Waals surface area contributed by atoms with Crippen LogP contribution in [0.1, 0.15) is 31.2 Å². The average molecular weight is 423 g/mol. The summed E-state index contributed by atoms with van der Waals surface area (Å²) in [5.41, 5.74) is 3.81. The van der Waals surface area contributed by atoms with Gasteiger partial charge in [-0.15, -0.1) is 0 Å². The molecule has 1 saturated carbocycles. The van der Waals surface area contributed by atoms with Crippen molar-refractivity contribution in [2.45, 2.75) is 38.2 Å². The van der Waals surface area contributed by atoms with Gasteiger partial charge >= 0.3 is 0 Å². The molecule has 6 nitrogen and oxygen atoms in total. The molecule has 7 heteroatoms. The van der Waals surface area contributed by atoms with Gasteiger partial charge in [0.1, 0.15) is 11.3 Å². The molecule has 1 aromatic carbocycles. The Bertz CT molecular complexity index is 1030. The molecule has 2 aromatic heterocycles. The van der Waals surface area contributed by atoms with Crippen molar-refractivity contribution in [3.63, 3.8) is 0 Å². The molecule has 31 heavy (non-hydrogen) atoms. The number of morpholine rings is 1. The molecule has 162 valence electrons. The zero-order chi connectivity index (χ0) is 21.0. The third-order valence-corrected chi connectivity index (χ3v) is 6.30. The van der Waals surface area contributed by atoms with Crippen molar-refractivity contribution in [2.75, 3.05) is 31.2 Å². The molecule has 0 atom stereocenters. The van der Waals surface area contributed by atoms with E-state index in [4.69, 9.17) is 9.47 Å². The smallest absolute Gasteiger partial charge is 0.213 e. The molecular weight excluding hydrogens is 395 g/mol. The summed E-state index contributed by atoms with van der Waals surface area (Å²) in [7, 11) is 0. The number of halogens is 1. The lowest BCUT2D eigenvalue weighted by Gasteiger charge is -2.31. The van der Waals surface area contributed by atoms with Crippen LogP contribution in [0.15, 0.2) is 42.9 Å². The molecule has 0 unspecified atom stereocenters. The van der Waals surface area contributed by atoms with E-state index in [1.54, 1.807) is 24.7 Å². The number of pyridine rings is 1. The van der Waals surface area contributed by atoms with Gasteiger partial charge in [0, 0.05) is 43.4 Å². The molecular formula is C24H27FN4O2. The van der Waals surface area contributed by atoms with Gasteiger partial charge in [-0.1, -0.05) is 0 Å². The third-order valence-electron chi connectivity index (χ3n) is 6.30. The minimum absolute atomic E-state index is 0.163. The predicted molar refractivity (Wildman–Crippen MR) is 117 cm³/mol. The first kappa shape index (κ1) is 20.1. The van der Waals surface area contributed by atoms with Crippen LogP contribution in [-0.2, 0) is 11.2 Å². The van der Waals surface area contributed by atoms with Gasteiger partial charge in [0.2, 0.25) is 5.95 Å². The molecule has 1 aliphatic heterocycles. The molecule has 0 spiro atoms. The minimum Gasteiger partial charge on any atom is -0.488 e. The van der Waals surface area contributed by atoms with Crippen LogP contribution in [0.25, 0.3) is 11.0 Å². The number of aromatic nitrogens is 3. The number of anilines is 1. The van der Waals surface area contributed by atoms with Crippen LogP contribution in [0.3, 0.4) is 0 Å². The summed E-state index contributed by atoms with van der Waals surface area (Å²) < 4.78 is 25.3. The van der Waals surface area contributed by atoms with Crippen LogP contribution in [0.2, 0.25) is 0 Å². The van der Waals surface area contributed by atoms with Gasteiger partial charge in [-0.3, -0.25) is 4.98 Å². The molecule has 3 heterocycles. The van der Waals surface area contributed by atoms with E-state index in [1.807, 2.05) is 6.07 Å². The summed E-state index contributed by atoms with van der Waals surface area (Å²) in [5, 5.41) is 0. The van der Waals surface area contributed by atoms with E-state index in [9.17, 15) is 4.39 Å². The fourth-order valence-electron chi connectivity index (χ4n) is 4.66. The highest BCUT2D eigenvalue weighted by atomic mass is 19.1. The van der Waals surface area contributed by atoms with Crippen molar-refractivity contribution in [2.24, 2.45) is 5.92 Å². The lowest BCUT2D eigenvalue weighted by Crippen LogP contribution is -2.36. The zero-order valence-electron chi connectivity index (χ0n) is 17.5. The Hall–Kier alpha value is -2.80. The number of hydrogen-bond donors (Lipinski definition) is 0. The largest absolute Gasteiger partial charge is 0.488 e. The topological polar surface area (TPSA) is 60.4 Å². The molecule has 2 fully saturated rings. The molecule has 1 aliphatic carbocycles. The first-order valence-electron chi connectivity index (χ1n) is 11.1. The summed E-state index contributed by atoms with van der Waals surface area (Å²) in [6, 6.07) is 7.65. The Morgan fingerprint density at radius 1 is 0.968 bits per heavy atom. The monoisotopic (exact) mass is 422 g/mol. The molecule has 0 bridgehead atoms. The van der Waals surface area contributed by atoms with Gasteiger partial charge in [0.05, 0.1) is 24.8 Å². The normalized spacial score (nSPS) is 21.9. The zero-order valence-corrected chi connectivity index (χ0v) is 17.5. The molecule has 2 aliphatic rings. The second-order valence-electron chi connectivity index (χ2n) is 8.42. The summed E-state index contributed by atoms with van der Waals surface area (Å²) in [4.78, 5) is 15.0. The van der Waals surface area contributed by atoms with Gasteiger partial charge in [0.25, 0.3) is 0 Å². The quantitative estimate of drug-likeness (QED) is 0.575. The van der Waals surface area contributed by atoms with Crippen molar-refractivity contribution < 1.29 is 13.9 Å². The first-order chi connectivity index (χ1) is 15.2. The Morgan fingerprint density at radius 3 is 2.58 bits per heavy atom. The van der Waals surface area contributed by atoms with E-state index in [0.717, 1.165) is 86.4 Å². The maximum atomic E-state index is 13.4. The van der Waals surface area contributed by atoms with Gasteiger partial charge in [-0.05, 0) is 61.8 Å². The number of fused-ring (bicyclic) bond motifs is 1. The standard InChI is InChI=1S/C24H27FN4O2/c25-23-14-18(5-6-27-23)13-17-1-3-20(4-2-17)31-22-16-19(29-9-11-30-12-10-29)15-21-24(22)28-8-7-26-21/h5-8,14-17,20H,1-4,9-13H2. The van der Waals surface area contributed by atoms with Crippen molar-refractivity contribution in [1.82, 2.24) is 15.0 Å². The Balaban J connectivity index is 1.28. The Labute approximate surface area is 181 Å². The van der Waals surface area contributed by atoms with Crippen molar-refractivity contribution in [3.8, 4) is 5.75 Å². The fraction of sp³-hybridized carbons (Fsp3) is 0.458. The molecule has 0 amide bonds. The fourth-order valence-corrected chi connectivity index (χ4v) is 4.66. The van der Waals surface area contributed by atoms with Crippen LogP contribution in [0.4, 0.5) is 10.1 Å². The maximum Gasteiger partial charge on any atom is 0.213 e. The van der Waals surface area contributed by atoms with Crippen molar-refractivity contribution >= 4 is 16.7 Å². The van der Waals surface area contributed by atoms with Crippen molar-refractivity contribution in [1.29, 1.82) is 0 Å². The molecule has 3 aromatic rings. The van der Waals surface area contributed by atoms with E-state index in [-0.39, 0.29) is 6.10 Å². The highest BCUT2D eigenvalue weighted by Gasteiger charge is 2.24. The van der Waals surface area contributed by atoms with Gasteiger partial charge < -0.3 is 14.4 Å². The number of ether oxygens (including phenoxy) is 2. The summed E-state index contributed by atoms with van der Waals surface area (Å²) >= 11 is 0. The van der Waals surface area contributed by atoms with Gasteiger partial charge in [0.15, 0.2) is 0 Å². The van der Waals surface area contributed by atoms with Crippen molar-refractivity contribution in [3.05, 3.63) is 54.4 Å². The minimum atomic E-state index is -0.400. The number of nitrogens with zero attached hydrogens (tertiary/aromatic N) is 4. The van der Waals surface area contributed by atoms with E-state index in [0.29, 0.717) is 5.92 Å². The van der Waals surface area contributed by atoms with E-state index < -0.39 is 5.95 Å². The summed E-state index contributed by atoms with van der Waals surface area (Å²) in [6.07, 6.45) is 10.2. The average Bonchev–Trinajstić information content (AvgIpc) is 2.81. The van der Waals surface area contributed by atoms with Crippen LogP contribution >= 0.6 is 0 Å². The first-order valence-corrected chi connectivity index (χ1v) is 11.1. The second kappa shape index (κ2) is 9.14. The Morgan fingerprint density at radius 2 is 1.77 bits per heavy atom. The summed E-state index contributed by atoms with van der Waals surface area (Å²) in [6.45, 7) is 3.21. The van der Waals surface area contributed by atoms with Crippen LogP contribution in [-0.4, -0.2) is 47.4 Å². The molecule has 5 rings (SSSR count). The summed E-state index contributed by atoms with van der Waals surface area (Å²) in [5.74, 6) is 0.965. The number of hydrogen-bond acceptors (Lipinski definition) is 6. The molecule has 0 radical (unpaired) electrons. The number of benzene rings is 1. The van der Waals surface area contributed by atoms with E-state index >= 15 is 0 Å². The number of rotatable bonds is 5. The van der Waals surface area contributed by atoms with Crippen LogP contribution in [0.5, 0.6) is 5.75 Å². The van der Waals surface area contributed by atoms with E-state index in [2.05, 4.69) is 32.0 Å². The highest BCUT2D eigenvalue weighted by molar-refractivity contribution is 5.85. The lowest BCUT2D eigenvalue weighted by molar-refractivity contribution is 0.122. The second-order valence-corrected chi connectivity index (χ2v) is 8.42. The van der Waals surface area contributed by atoms with Crippen LogP contribution in [0, 0.1) is 11.9 Å². The molecule has 1 saturated heterocycles. The lowest BCUT2D eigenvalue weighted by atomic mass is 9.83. The maximum absolute atomic E-state index is 13.4. The van der Waals surface area contributed by atoms with E-state index in [1.165, 1.54) is 0 Å². The SMILES string of the molecule is Fc1cc(CC2CCC(Oc3cc(N4CCOCC4)cc4nccnc34)CC2)ccn1. The third kappa shape index (κ3) is 4.77. The highest BCUT2D eigenvalue weighted by Crippen LogP contribution is 2.34. The Kier molecular flexibility index (Phi) is 5.93.